The average molecular weight is 258 g/mol. The molecule has 0 radical (unpaired) electrons. The first kappa shape index (κ1) is 11.8. The maximum absolute atomic E-state index is 12.1. The van der Waals surface area contributed by atoms with E-state index in [-0.39, 0.29) is 11.9 Å². The maximum Gasteiger partial charge on any atom is 0.273 e. The molecule has 0 aliphatic carbocycles. The monoisotopic (exact) mass is 258 g/mol. The van der Waals surface area contributed by atoms with Crippen LogP contribution in [0.3, 0.4) is 0 Å². The van der Waals surface area contributed by atoms with Crippen molar-refractivity contribution < 1.29 is 14.1 Å². The van der Waals surface area contributed by atoms with E-state index in [2.05, 4.69) is 10.5 Å². The molecule has 5 heteroatoms. The summed E-state index contributed by atoms with van der Waals surface area (Å²) >= 11 is 0. The highest BCUT2D eigenvalue weighted by Crippen LogP contribution is 2.31. The number of carbonyl (C=O) groups is 1. The standard InChI is InChI=1S/C14H14N2O3/c1-9-8-12(16-19-9)14(17)15-11-6-7-18-13-5-3-2-4-10(11)13/h2-5,8,11H,6-7H2,1H3,(H,15,17). The molecule has 1 aliphatic heterocycles. The normalized spacial score (nSPS) is 17.4. The lowest BCUT2D eigenvalue weighted by Gasteiger charge is -2.26. The molecule has 19 heavy (non-hydrogen) atoms. The smallest absolute Gasteiger partial charge is 0.273 e. The number of ether oxygens (including phenoxy) is 1. The molecule has 1 atom stereocenters. The van der Waals surface area contributed by atoms with Gasteiger partial charge in [0.2, 0.25) is 0 Å². The summed E-state index contributed by atoms with van der Waals surface area (Å²) in [6.07, 6.45) is 0.750. The topological polar surface area (TPSA) is 64.4 Å². The van der Waals surface area contributed by atoms with Gasteiger partial charge in [-0.1, -0.05) is 23.4 Å². The van der Waals surface area contributed by atoms with Gasteiger partial charge in [-0.15, -0.1) is 0 Å². The maximum atomic E-state index is 12.1. The van der Waals surface area contributed by atoms with E-state index in [0.717, 1.165) is 17.7 Å². The van der Waals surface area contributed by atoms with E-state index in [0.29, 0.717) is 18.1 Å². The van der Waals surface area contributed by atoms with Gasteiger partial charge in [0.15, 0.2) is 5.69 Å². The van der Waals surface area contributed by atoms with Gasteiger partial charge in [-0.05, 0) is 13.0 Å². The first-order valence-corrected chi connectivity index (χ1v) is 6.20. The lowest BCUT2D eigenvalue weighted by Crippen LogP contribution is -2.32. The molecule has 0 saturated carbocycles. The number of hydrogen-bond acceptors (Lipinski definition) is 4. The number of para-hydroxylation sites is 1. The number of hydrogen-bond donors (Lipinski definition) is 1. The van der Waals surface area contributed by atoms with Crippen LogP contribution in [0.5, 0.6) is 5.75 Å². The molecule has 1 unspecified atom stereocenters. The van der Waals surface area contributed by atoms with Crippen molar-refractivity contribution in [3.8, 4) is 5.75 Å². The largest absolute Gasteiger partial charge is 0.493 e. The van der Waals surface area contributed by atoms with Crippen molar-refractivity contribution in [2.24, 2.45) is 0 Å². The summed E-state index contributed by atoms with van der Waals surface area (Å²) < 4.78 is 10.5. The Bertz CT molecular complexity index is 606. The van der Waals surface area contributed by atoms with Crippen molar-refractivity contribution in [1.82, 2.24) is 10.5 Å². The van der Waals surface area contributed by atoms with Crippen molar-refractivity contribution in [3.05, 3.63) is 47.3 Å². The van der Waals surface area contributed by atoms with Crippen LogP contribution in [0.15, 0.2) is 34.9 Å². The van der Waals surface area contributed by atoms with Gasteiger partial charge in [-0.25, -0.2) is 0 Å². The van der Waals surface area contributed by atoms with E-state index in [1.807, 2.05) is 24.3 Å². The zero-order valence-electron chi connectivity index (χ0n) is 10.6. The van der Waals surface area contributed by atoms with E-state index in [1.165, 1.54) is 0 Å². The molecule has 0 fully saturated rings. The quantitative estimate of drug-likeness (QED) is 0.897. The molecule has 1 aliphatic rings. The van der Waals surface area contributed by atoms with Crippen molar-refractivity contribution in [3.63, 3.8) is 0 Å². The summed E-state index contributed by atoms with van der Waals surface area (Å²) in [5.41, 5.74) is 1.31. The fourth-order valence-electron chi connectivity index (χ4n) is 2.20. The Morgan fingerprint density at radius 1 is 1.42 bits per heavy atom. The van der Waals surface area contributed by atoms with Gasteiger partial charge in [0.1, 0.15) is 11.5 Å². The van der Waals surface area contributed by atoms with Crippen LogP contribution >= 0.6 is 0 Å². The number of aryl methyl sites for hydroxylation is 1. The Morgan fingerprint density at radius 3 is 3.05 bits per heavy atom. The van der Waals surface area contributed by atoms with Crippen LogP contribution in [0.2, 0.25) is 0 Å². The van der Waals surface area contributed by atoms with Gasteiger partial charge in [-0.2, -0.15) is 0 Å². The second-order valence-electron chi connectivity index (χ2n) is 4.52. The van der Waals surface area contributed by atoms with Gasteiger partial charge in [0, 0.05) is 18.1 Å². The minimum Gasteiger partial charge on any atom is -0.493 e. The zero-order valence-corrected chi connectivity index (χ0v) is 10.6. The molecule has 5 nitrogen and oxygen atoms in total. The zero-order chi connectivity index (χ0) is 13.2. The highest BCUT2D eigenvalue weighted by molar-refractivity contribution is 5.92. The molecular formula is C14H14N2O3. The van der Waals surface area contributed by atoms with Crippen LogP contribution < -0.4 is 10.1 Å². The van der Waals surface area contributed by atoms with Crippen molar-refractivity contribution >= 4 is 5.91 Å². The van der Waals surface area contributed by atoms with Gasteiger partial charge in [0.05, 0.1) is 12.6 Å². The van der Waals surface area contributed by atoms with Crippen LogP contribution in [0.25, 0.3) is 0 Å². The summed E-state index contributed by atoms with van der Waals surface area (Å²) in [6.45, 7) is 2.35. The second kappa shape index (κ2) is 4.76. The Kier molecular flexibility index (Phi) is 2.95. The highest BCUT2D eigenvalue weighted by Gasteiger charge is 2.24. The van der Waals surface area contributed by atoms with E-state index in [9.17, 15) is 4.79 Å². The number of benzene rings is 1. The summed E-state index contributed by atoms with van der Waals surface area (Å²) in [7, 11) is 0. The molecule has 0 bridgehead atoms. The number of nitrogens with zero attached hydrogens (tertiary/aromatic N) is 1. The summed E-state index contributed by atoms with van der Waals surface area (Å²) in [6, 6.07) is 9.31. The summed E-state index contributed by atoms with van der Waals surface area (Å²) in [5, 5.41) is 6.68. The molecule has 1 aromatic carbocycles. The molecule has 0 spiro atoms. The van der Waals surface area contributed by atoms with Gasteiger partial charge in [-0.3, -0.25) is 4.79 Å². The average Bonchev–Trinajstić information content (AvgIpc) is 2.86. The fourth-order valence-corrected chi connectivity index (χ4v) is 2.20. The van der Waals surface area contributed by atoms with E-state index in [4.69, 9.17) is 9.26 Å². The molecule has 1 amide bonds. The van der Waals surface area contributed by atoms with Gasteiger partial charge >= 0.3 is 0 Å². The van der Waals surface area contributed by atoms with Gasteiger partial charge in [0.25, 0.3) is 5.91 Å². The van der Waals surface area contributed by atoms with Crippen molar-refractivity contribution in [1.29, 1.82) is 0 Å². The van der Waals surface area contributed by atoms with Crippen LogP contribution in [0.1, 0.15) is 34.3 Å². The third kappa shape index (κ3) is 2.31. The van der Waals surface area contributed by atoms with Crippen LogP contribution in [0.4, 0.5) is 0 Å². The Morgan fingerprint density at radius 2 is 2.26 bits per heavy atom. The molecule has 1 N–H and O–H groups in total. The number of fused-ring (bicyclic) bond motifs is 1. The van der Waals surface area contributed by atoms with E-state index >= 15 is 0 Å². The Labute approximate surface area is 110 Å². The van der Waals surface area contributed by atoms with Crippen molar-refractivity contribution in [2.75, 3.05) is 6.61 Å². The van der Waals surface area contributed by atoms with Crippen LogP contribution in [-0.2, 0) is 0 Å². The molecular weight excluding hydrogens is 244 g/mol. The molecule has 2 heterocycles. The predicted molar refractivity (Wildman–Crippen MR) is 68.0 cm³/mol. The third-order valence-corrected chi connectivity index (χ3v) is 3.12. The number of carbonyl (C=O) groups excluding carboxylic acids is 1. The first-order chi connectivity index (χ1) is 9.24. The SMILES string of the molecule is Cc1cc(C(=O)NC2CCOc3ccccc32)no1. The van der Waals surface area contributed by atoms with Crippen LogP contribution in [0, 0.1) is 6.92 Å². The number of amides is 1. The lowest BCUT2D eigenvalue weighted by molar-refractivity contribution is 0.0915. The number of nitrogens with one attached hydrogen (secondary N) is 1. The molecule has 0 saturated heterocycles. The van der Waals surface area contributed by atoms with E-state index < -0.39 is 0 Å². The lowest BCUT2D eigenvalue weighted by atomic mass is 10.0. The minimum absolute atomic E-state index is 0.0468. The van der Waals surface area contributed by atoms with Gasteiger partial charge < -0.3 is 14.6 Å². The summed E-state index contributed by atoms with van der Waals surface area (Å²) in [4.78, 5) is 12.1. The van der Waals surface area contributed by atoms with Crippen LogP contribution in [-0.4, -0.2) is 17.7 Å². The fraction of sp³-hybridized carbons (Fsp3) is 0.286. The molecule has 1 aromatic heterocycles. The molecule has 3 rings (SSSR count). The second-order valence-corrected chi connectivity index (χ2v) is 4.52. The third-order valence-electron chi connectivity index (χ3n) is 3.12. The first-order valence-electron chi connectivity index (χ1n) is 6.20. The summed E-state index contributed by atoms with van der Waals surface area (Å²) in [5.74, 6) is 1.23. The van der Waals surface area contributed by atoms with E-state index in [1.54, 1.807) is 13.0 Å². The molecule has 2 aromatic rings. The molecule has 98 valence electrons. The van der Waals surface area contributed by atoms with Crippen molar-refractivity contribution in [2.45, 2.75) is 19.4 Å². The Balaban J connectivity index is 1.79. The predicted octanol–water partition coefficient (Wildman–Crippen LogP) is 2.24. The minimum atomic E-state index is -0.224. The highest BCUT2D eigenvalue weighted by atomic mass is 16.5. The Hall–Kier alpha value is -2.30. The number of rotatable bonds is 2. The number of aromatic nitrogens is 1.